The minimum Gasteiger partial charge on any atom is -0.299 e. The van der Waals surface area contributed by atoms with Crippen LogP contribution in [0, 0.1) is 23.7 Å². The third kappa shape index (κ3) is 6.87. The molecule has 0 aromatic carbocycles. The lowest BCUT2D eigenvalue weighted by Gasteiger charge is -2.38. The lowest BCUT2D eigenvalue weighted by atomic mass is 9.68. The Morgan fingerprint density at radius 1 is 0.774 bits per heavy atom. The minimum atomic E-state index is -1.32. The van der Waals surface area contributed by atoms with E-state index in [1.165, 1.54) is 56.9 Å². The maximum Gasteiger partial charge on any atom is 0.141 e. The Bertz CT molecular complexity index is 566. The molecule has 0 aromatic rings. The van der Waals surface area contributed by atoms with E-state index < -0.39 is 18.3 Å². The first-order chi connectivity index (χ1) is 15.0. The number of hydrogen-bond acceptors (Lipinski definition) is 1. The summed E-state index contributed by atoms with van der Waals surface area (Å²) in [6.45, 7) is 4.42. The Morgan fingerprint density at radius 3 is 1.97 bits per heavy atom. The summed E-state index contributed by atoms with van der Waals surface area (Å²) >= 11 is 0. The van der Waals surface area contributed by atoms with Gasteiger partial charge in [-0.2, -0.15) is 0 Å². The lowest BCUT2D eigenvalue weighted by Crippen LogP contribution is -2.38. The van der Waals surface area contributed by atoms with E-state index in [9.17, 15) is 13.6 Å². The number of hydrogen-bond donors (Lipinski definition) is 0. The molecule has 0 bridgehead atoms. The predicted molar refractivity (Wildman–Crippen MR) is 126 cm³/mol. The van der Waals surface area contributed by atoms with Crippen LogP contribution in [0.15, 0.2) is 11.1 Å². The first kappa shape index (κ1) is 24.9. The van der Waals surface area contributed by atoms with Gasteiger partial charge in [0.2, 0.25) is 0 Å². The molecule has 0 spiro atoms. The average molecular weight is 437 g/mol. The van der Waals surface area contributed by atoms with Crippen LogP contribution in [0.3, 0.4) is 0 Å². The van der Waals surface area contributed by atoms with Crippen LogP contribution in [0.5, 0.6) is 0 Å². The Hall–Kier alpha value is -0.730. The van der Waals surface area contributed by atoms with Gasteiger partial charge in [0, 0.05) is 19.3 Å². The summed E-state index contributed by atoms with van der Waals surface area (Å²) < 4.78 is 29.8. The number of carbonyl (C=O) groups is 1. The predicted octanol–water partition coefficient (Wildman–Crippen LogP) is 8.71. The second kappa shape index (κ2) is 12.5. The highest BCUT2D eigenvalue weighted by Crippen LogP contribution is 2.45. The molecule has 3 aliphatic carbocycles. The van der Waals surface area contributed by atoms with Crippen LogP contribution in [-0.4, -0.2) is 18.1 Å². The van der Waals surface area contributed by atoms with Crippen LogP contribution in [-0.2, 0) is 4.79 Å². The largest absolute Gasteiger partial charge is 0.299 e. The van der Waals surface area contributed by atoms with Crippen molar-refractivity contribution in [2.75, 3.05) is 0 Å². The zero-order valence-corrected chi connectivity index (χ0v) is 20.1. The standard InChI is InChI=1S/C28H46F2O/c1-3-5-6-7-9-27(31)28-25(29)18-24(19-26(28)30)23-16-14-22(15-17-23)21-12-10-20(8-4-2)11-13-21/h20-22,25-26,28H,3-19H2,1-2H3. The molecule has 0 aromatic heterocycles. The molecular weight excluding hydrogens is 390 g/mol. The van der Waals surface area contributed by atoms with Gasteiger partial charge in [-0.05, 0) is 62.7 Å². The van der Waals surface area contributed by atoms with Gasteiger partial charge in [-0.15, -0.1) is 0 Å². The van der Waals surface area contributed by atoms with Crippen molar-refractivity contribution in [3.8, 4) is 0 Å². The fraction of sp³-hybridized carbons (Fsp3) is 0.893. The van der Waals surface area contributed by atoms with Gasteiger partial charge in [0.05, 0.1) is 5.92 Å². The van der Waals surface area contributed by atoms with Crippen LogP contribution in [0.1, 0.15) is 123 Å². The second-order valence-electron chi connectivity index (χ2n) is 10.9. The summed E-state index contributed by atoms with van der Waals surface area (Å²) in [6, 6.07) is 0. The van der Waals surface area contributed by atoms with E-state index in [1.807, 2.05) is 0 Å². The zero-order valence-electron chi connectivity index (χ0n) is 20.1. The Labute approximate surface area is 189 Å². The Kier molecular flexibility index (Phi) is 10.0. The van der Waals surface area contributed by atoms with E-state index in [1.54, 1.807) is 0 Å². The molecule has 31 heavy (non-hydrogen) atoms. The second-order valence-corrected chi connectivity index (χ2v) is 10.9. The first-order valence-corrected chi connectivity index (χ1v) is 13.5. The molecular formula is C28H46F2O. The summed E-state index contributed by atoms with van der Waals surface area (Å²) in [7, 11) is 0. The smallest absolute Gasteiger partial charge is 0.141 e. The van der Waals surface area contributed by atoms with Crippen molar-refractivity contribution in [1.82, 2.24) is 0 Å². The van der Waals surface area contributed by atoms with Crippen molar-refractivity contribution in [3.05, 3.63) is 11.1 Å². The fourth-order valence-corrected chi connectivity index (χ4v) is 6.79. The highest BCUT2D eigenvalue weighted by Gasteiger charge is 2.41. The van der Waals surface area contributed by atoms with E-state index >= 15 is 0 Å². The third-order valence-corrected chi connectivity index (χ3v) is 8.70. The number of carbonyl (C=O) groups excluding carboxylic acids is 1. The Morgan fingerprint density at radius 2 is 1.39 bits per heavy atom. The normalized spacial score (nSPS) is 34.7. The van der Waals surface area contributed by atoms with Crippen molar-refractivity contribution in [3.63, 3.8) is 0 Å². The first-order valence-electron chi connectivity index (χ1n) is 13.5. The number of ketones is 1. The van der Waals surface area contributed by atoms with Gasteiger partial charge in [-0.1, -0.05) is 69.9 Å². The third-order valence-electron chi connectivity index (χ3n) is 8.70. The van der Waals surface area contributed by atoms with Gasteiger partial charge in [0.1, 0.15) is 18.1 Å². The maximum absolute atomic E-state index is 14.9. The molecule has 3 saturated carbocycles. The van der Waals surface area contributed by atoms with E-state index in [0.29, 0.717) is 19.3 Å². The fourth-order valence-electron chi connectivity index (χ4n) is 6.79. The molecule has 0 heterocycles. The summed E-state index contributed by atoms with van der Waals surface area (Å²) in [6.07, 6.45) is 15.0. The molecule has 3 heteroatoms. The lowest BCUT2D eigenvalue weighted by molar-refractivity contribution is -0.128. The van der Waals surface area contributed by atoms with Gasteiger partial charge >= 0.3 is 0 Å². The molecule has 0 aliphatic heterocycles. The van der Waals surface area contributed by atoms with Crippen molar-refractivity contribution < 1.29 is 13.6 Å². The van der Waals surface area contributed by atoms with Gasteiger partial charge in [0.15, 0.2) is 0 Å². The molecule has 3 rings (SSSR count). The summed E-state index contributed by atoms with van der Waals surface area (Å²) in [5.74, 6) is 1.46. The number of unbranched alkanes of at least 4 members (excludes halogenated alkanes) is 3. The van der Waals surface area contributed by atoms with Gasteiger partial charge < -0.3 is 0 Å². The van der Waals surface area contributed by atoms with E-state index in [0.717, 1.165) is 61.9 Å². The van der Waals surface area contributed by atoms with Crippen molar-refractivity contribution in [2.24, 2.45) is 23.7 Å². The Balaban J connectivity index is 1.47. The van der Waals surface area contributed by atoms with Crippen LogP contribution in [0.25, 0.3) is 0 Å². The molecule has 0 radical (unpaired) electrons. The van der Waals surface area contributed by atoms with Crippen LogP contribution < -0.4 is 0 Å². The number of rotatable bonds is 9. The zero-order chi connectivity index (χ0) is 22.2. The molecule has 0 amide bonds. The number of Topliss-reactive ketones (excluding diaryl/α,β-unsaturated/α-hetero) is 1. The molecule has 0 saturated heterocycles. The average Bonchev–Trinajstić information content (AvgIpc) is 2.77. The van der Waals surface area contributed by atoms with Gasteiger partial charge in [-0.25, -0.2) is 8.78 Å². The van der Waals surface area contributed by atoms with Crippen molar-refractivity contribution in [2.45, 2.75) is 135 Å². The van der Waals surface area contributed by atoms with E-state index in [-0.39, 0.29) is 5.78 Å². The molecule has 0 N–H and O–H groups in total. The highest BCUT2D eigenvalue weighted by atomic mass is 19.1. The van der Waals surface area contributed by atoms with Gasteiger partial charge in [0.25, 0.3) is 0 Å². The SMILES string of the molecule is CCCCCCC(=O)C1C(F)CC(=C2CCC(C3CCC(CCC)CC3)CC2)CC1F. The van der Waals surface area contributed by atoms with Crippen LogP contribution in [0.4, 0.5) is 8.78 Å². The number of alkyl halides is 2. The van der Waals surface area contributed by atoms with Gasteiger partial charge in [-0.3, -0.25) is 4.79 Å². The van der Waals surface area contributed by atoms with Crippen LogP contribution in [0.2, 0.25) is 0 Å². The summed E-state index contributed by atoms with van der Waals surface area (Å²) in [4.78, 5) is 12.5. The van der Waals surface area contributed by atoms with Crippen molar-refractivity contribution in [1.29, 1.82) is 0 Å². The monoisotopic (exact) mass is 436 g/mol. The maximum atomic E-state index is 14.9. The highest BCUT2D eigenvalue weighted by molar-refractivity contribution is 5.82. The number of halogens is 2. The minimum absolute atomic E-state index is 0.178. The molecule has 2 atom stereocenters. The summed E-state index contributed by atoms with van der Waals surface area (Å²) in [5, 5.41) is 0. The summed E-state index contributed by atoms with van der Waals surface area (Å²) in [5.41, 5.74) is 2.34. The molecule has 2 unspecified atom stereocenters. The molecule has 1 nitrogen and oxygen atoms in total. The number of allylic oxidation sites excluding steroid dienone is 2. The van der Waals surface area contributed by atoms with Crippen LogP contribution >= 0.6 is 0 Å². The van der Waals surface area contributed by atoms with Crippen molar-refractivity contribution >= 4 is 5.78 Å². The molecule has 178 valence electrons. The van der Waals surface area contributed by atoms with E-state index in [2.05, 4.69) is 13.8 Å². The molecule has 3 aliphatic rings. The molecule has 3 fully saturated rings. The van der Waals surface area contributed by atoms with E-state index in [4.69, 9.17) is 0 Å². The topological polar surface area (TPSA) is 17.1 Å². The quantitative estimate of drug-likeness (QED) is 0.261.